The Kier molecular flexibility index (Phi) is 2.50. The van der Waals surface area contributed by atoms with Crippen molar-refractivity contribution in [1.82, 2.24) is 0 Å². The highest BCUT2D eigenvalue weighted by Crippen LogP contribution is 2.55. The summed E-state index contributed by atoms with van der Waals surface area (Å²) in [5.74, 6) is 3.24. The lowest BCUT2D eigenvalue weighted by molar-refractivity contribution is -0.123. The Morgan fingerprint density at radius 3 is 2.72 bits per heavy atom. The van der Waals surface area contributed by atoms with Gasteiger partial charge in [0.1, 0.15) is 5.78 Å². The highest BCUT2D eigenvalue weighted by molar-refractivity contribution is 5.88. The maximum atomic E-state index is 12.3. The SMILES string of the molecule is O=C1CCC2=C3C=CCCC3C3CCCCC3C12. The lowest BCUT2D eigenvalue weighted by Gasteiger charge is -2.46. The lowest BCUT2D eigenvalue weighted by Crippen LogP contribution is -2.40. The van der Waals surface area contributed by atoms with Gasteiger partial charge in [-0.3, -0.25) is 4.79 Å². The van der Waals surface area contributed by atoms with Gasteiger partial charge in [-0.05, 0) is 55.4 Å². The molecule has 2 saturated carbocycles. The van der Waals surface area contributed by atoms with Crippen molar-refractivity contribution in [3.63, 3.8) is 0 Å². The van der Waals surface area contributed by atoms with Crippen LogP contribution in [0, 0.1) is 23.7 Å². The molecule has 0 aromatic rings. The molecule has 0 saturated heterocycles. The van der Waals surface area contributed by atoms with Crippen molar-refractivity contribution < 1.29 is 4.79 Å². The molecule has 0 spiro atoms. The van der Waals surface area contributed by atoms with Crippen molar-refractivity contribution in [2.24, 2.45) is 23.7 Å². The first-order valence-electron chi connectivity index (χ1n) is 7.78. The Balaban J connectivity index is 1.84. The zero-order valence-corrected chi connectivity index (χ0v) is 11.0. The molecule has 0 amide bonds. The predicted molar refractivity (Wildman–Crippen MR) is 72.1 cm³/mol. The van der Waals surface area contributed by atoms with Crippen LogP contribution in [0.2, 0.25) is 0 Å². The van der Waals surface area contributed by atoms with Crippen LogP contribution in [-0.4, -0.2) is 5.78 Å². The number of Topliss-reactive ketones (excluding diaryl/α,β-unsaturated/α-hetero) is 1. The van der Waals surface area contributed by atoms with Crippen molar-refractivity contribution in [1.29, 1.82) is 0 Å². The molecule has 0 N–H and O–H groups in total. The van der Waals surface area contributed by atoms with Crippen LogP contribution in [-0.2, 0) is 4.79 Å². The minimum absolute atomic E-state index is 0.337. The van der Waals surface area contributed by atoms with Gasteiger partial charge in [-0.25, -0.2) is 0 Å². The minimum Gasteiger partial charge on any atom is -0.299 e. The maximum Gasteiger partial charge on any atom is 0.140 e. The van der Waals surface area contributed by atoms with E-state index in [1.807, 2.05) is 0 Å². The summed E-state index contributed by atoms with van der Waals surface area (Å²) < 4.78 is 0. The molecular weight excluding hydrogens is 220 g/mol. The molecule has 1 heteroatoms. The predicted octanol–water partition coefficient (Wildman–Crippen LogP) is 4.05. The highest BCUT2D eigenvalue weighted by atomic mass is 16.1. The van der Waals surface area contributed by atoms with Gasteiger partial charge >= 0.3 is 0 Å². The molecule has 0 heterocycles. The zero-order chi connectivity index (χ0) is 12.1. The van der Waals surface area contributed by atoms with Gasteiger partial charge in [0.25, 0.3) is 0 Å². The van der Waals surface area contributed by atoms with Crippen molar-refractivity contribution in [2.45, 2.75) is 51.4 Å². The number of allylic oxidation sites excluding steroid dienone is 4. The molecule has 1 nitrogen and oxygen atoms in total. The van der Waals surface area contributed by atoms with Gasteiger partial charge in [-0.15, -0.1) is 0 Å². The molecule has 4 aliphatic carbocycles. The Morgan fingerprint density at radius 1 is 1.00 bits per heavy atom. The van der Waals surface area contributed by atoms with E-state index in [9.17, 15) is 4.79 Å². The summed E-state index contributed by atoms with van der Waals surface area (Å²) >= 11 is 0. The zero-order valence-electron chi connectivity index (χ0n) is 11.0. The van der Waals surface area contributed by atoms with E-state index in [0.29, 0.717) is 17.6 Å². The fourth-order valence-electron chi connectivity index (χ4n) is 5.24. The second-order valence-corrected chi connectivity index (χ2v) is 6.62. The topological polar surface area (TPSA) is 17.1 Å². The highest BCUT2D eigenvalue weighted by Gasteiger charge is 2.48. The maximum absolute atomic E-state index is 12.3. The first-order chi connectivity index (χ1) is 8.86. The smallest absolute Gasteiger partial charge is 0.140 e. The Labute approximate surface area is 109 Å². The Hall–Kier alpha value is -0.850. The van der Waals surface area contributed by atoms with Crippen LogP contribution in [0.15, 0.2) is 23.3 Å². The van der Waals surface area contributed by atoms with Crippen molar-refractivity contribution in [3.8, 4) is 0 Å². The average Bonchev–Trinajstić information content (AvgIpc) is 2.82. The fraction of sp³-hybridized carbons (Fsp3) is 0.706. The molecule has 4 aliphatic rings. The van der Waals surface area contributed by atoms with Gasteiger partial charge in [0.05, 0.1) is 0 Å². The Morgan fingerprint density at radius 2 is 1.83 bits per heavy atom. The van der Waals surface area contributed by atoms with Crippen molar-refractivity contribution >= 4 is 5.78 Å². The number of ketones is 1. The van der Waals surface area contributed by atoms with Crippen LogP contribution >= 0.6 is 0 Å². The minimum atomic E-state index is 0.337. The first-order valence-corrected chi connectivity index (χ1v) is 7.78. The number of hydrogen-bond acceptors (Lipinski definition) is 1. The average molecular weight is 242 g/mol. The van der Waals surface area contributed by atoms with Crippen LogP contribution < -0.4 is 0 Å². The fourth-order valence-corrected chi connectivity index (χ4v) is 5.24. The summed E-state index contributed by atoms with van der Waals surface area (Å²) in [6.45, 7) is 0. The van der Waals surface area contributed by atoms with E-state index in [0.717, 1.165) is 24.7 Å². The van der Waals surface area contributed by atoms with Crippen molar-refractivity contribution in [3.05, 3.63) is 23.3 Å². The number of fused-ring (bicyclic) bond motifs is 5. The third-order valence-electron chi connectivity index (χ3n) is 5.89. The normalized spacial score (nSPS) is 42.6. The third kappa shape index (κ3) is 1.42. The molecule has 0 aliphatic heterocycles. The summed E-state index contributed by atoms with van der Waals surface area (Å²) in [7, 11) is 0. The van der Waals surface area contributed by atoms with E-state index < -0.39 is 0 Å². The van der Waals surface area contributed by atoms with Gasteiger partial charge < -0.3 is 0 Å². The standard InChI is InChI=1S/C17H22O/c18-16-10-9-15-13-7-2-1-5-11(13)12-6-3-4-8-14(12)17(15)16/h2,7,11-12,14,17H,1,3-6,8-10H2. The van der Waals surface area contributed by atoms with Crippen molar-refractivity contribution in [2.75, 3.05) is 0 Å². The van der Waals surface area contributed by atoms with E-state index in [4.69, 9.17) is 0 Å². The van der Waals surface area contributed by atoms with E-state index in [2.05, 4.69) is 12.2 Å². The van der Waals surface area contributed by atoms with Gasteiger partial charge in [0.2, 0.25) is 0 Å². The number of carbonyl (C=O) groups excluding carboxylic acids is 1. The molecule has 0 radical (unpaired) electrons. The molecule has 0 aromatic heterocycles. The van der Waals surface area contributed by atoms with E-state index in [1.165, 1.54) is 38.5 Å². The van der Waals surface area contributed by atoms with Gasteiger partial charge in [0, 0.05) is 12.3 Å². The molecule has 4 atom stereocenters. The second kappa shape index (κ2) is 4.08. The molecule has 18 heavy (non-hydrogen) atoms. The van der Waals surface area contributed by atoms with Crippen LogP contribution in [0.4, 0.5) is 0 Å². The molecular formula is C17H22O. The quantitative estimate of drug-likeness (QED) is 0.626. The van der Waals surface area contributed by atoms with Crippen LogP contribution in [0.1, 0.15) is 51.4 Å². The van der Waals surface area contributed by atoms with Crippen LogP contribution in [0.5, 0.6) is 0 Å². The molecule has 4 rings (SSSR count). The number of carbonyl (C=O) groups is 1. The monoisotopic (exact) mass is 242 g/mol. The van der Waals surface area contributed by atoms with Gasteiger partial charge in [-0.1, -0.05) is 30.6 Å². The largest absolute Gasteiger partial charge is 0.299 e. The third-order valence-corrected chi connectivity index (χ3v) is 5.89. The van der Waals surface area contributed by atoms with E-state index in [1.54, 1.807) is 11.1 Å². The summed E-state index contributed by atoms with van der Waals surface area (Å²) in [5, 5.41) is 0. The summed E-state index contributed by atoms with van der Waals surface area (Å²) in [6, 6.07) is 0. The van der Waals surface area contributed by atoms with Crippen LogP contribution in [0.25, 0.3) is 0 Å². The van der Waals surface area contributed by atoms with Gasteiger partial charge in [-0.2, -0.15) is 0 Å². The molecule has 0 bridgehead atoms. The molecule has 2 fully saturated rings. The van der Waals surface area contributed by atoms with E-state index in [-0.39, 0.29) is 0 Å². The van der Waals surface area contributed by atoms with E-state index >= 15 is 0 Å². The summed E-state index contributed by atoms with van der Waals surface area (Å²) in [4.78, 5) is 12.3. The molecule has 96 valence electrons. The van der Waals surface area contributed by atoms with Crippen LogP contribution in [0.3, 0.4) is 0 Å². The number of hydrogen-bond donors (Lipinski definition) is 0. The second-order valence-electron chi connectivity index (χ2n) is 6.62. The number of rotatable bonds is 0. The summed E-state index contributed by atoms with van der Waals surface area (Å²) in [5.41, 5.74) is 3.16. The lowest BCUT2D eigenvalue weighted by atomic mass is 9.58. The first kappa shape index (κ1) is 11.0. The Bertz CT molecular complexity index is 443. The van der Waals surface area contributed by atoms with Gasteiger partial charge in [0.15, 0.2) is 0 Å². The summed E-state index contributed by atoms with van der Waals surface area (Å²) in [6.07, 6.45) is 14.7. The molecule has 0 aromatic carbocycles. The molecule has 4 unspecified atom stereocenters.